The molecule has 6 heteroatoms. The maximum Gasteiger partial charge on any atom is 0.274 e. The van der Waals surface area contributed by atoms with Crippen LogP contribution < -0.4 is 0 Å². The van der Waals surface area contributed by atoms with E-state index in [4.69, 9.17) is 4.42 Å². The van der Waals surface area contributed by atoms with Crippen molar-refractivity contribution >= 4 is 22.7 Å². The highest BCUT2D eigenvalue weighted by molar-refractivity contribution is 5.93. The number of hydrogen-bond acceptors (Lipinski definition) is 4. The van der Waals surface area contributed by atoms with Crippen LogP contribution in [0.3, 0.4) is 0 Å². The molecule has 0 saturated carbocycles. The van der Waals surface area contributed by atoms with E-state index in [1.807, 2.05) is 58.0 Å². The summed E-state index contributed by atoms with van der Waals surface area (Å²) in [5, 5.41) is 0. The zero-order valence-corrected chi connectivity index (χ0v) is 14.2. The van der Waals surface area contributed by atoms with Gasteiger partial charge < -0.3 is 13.7 Å². The molecule has 1 aliphatic rings. The van der Waals surface area contributed by atoms with Gasteiger partial charge in [-0.25, -0.2) is 9.97 Å². The number of likely N-dealkylation sites (tertiary alicyclic amines) is 1. The molecule has 1 saturated heterocycles. The third kappa shape index (κ3) is 2.54. The van der Waals surface area contributed by atoms with Gasteiger partial charge in [0.25, 0.3) is 5.91 Å². The molecule has 1 aliphatic heterocycles. The van der Waals surface area contributed by atoms with Crippen molar-refractivity contribution in [2.45, 2.75) is 18.8 Å². The largest absolute Gasteiger partial charge is 0.440 e. The molecule has 26 heavy (non-hydrogen) atoms. The highest BCUT2D eigenvalue weighted by atomic mass is 16.3. The summed E-state index contributed by atoms with van der Waals surface area (Å²) in [6.07, 6.45) is 5.60. The molecule has 0 aliphatic carbocycles. The van der Waals surface area contributed by atoms with E-state index in [2.05, 4.69) is 9.97 Å². The van der Waals surface area contributed by atoms with Crippen LogP contribution in [0.15, 0.2) is 59.3 Å². The van der Waals surface area contributed by atoms with Crippen molar-refractivity contribution < 1.29 is 9.21 Å². The normalized spacial score (nSPS) is 17.8. The van der Waals surface area contributed by atoms with Gasteiger partial charge in [0.15, 0.2) is 11.5 Å². The first-order chi connectivity index (χ1) is 12.8. The third-order valence-electron chi connectivity index (χ3n) is 4.95. The van der Waals surface area contributed by atoms with Crippen molar-refractivity contribution in [1.82, 2.24) is 19.3 Å². The van der Waals surface area contributed by atoms with E-state index in [0.717, 1.165) is 42.0 Å². The van der Waals surface area contributed by atoms with Crippen LogP contribution in [0.25, 0.3) is 16.7 Å². The number of fused-ring (bicyclic) bond motifs is 2. The minimum Gasteiger partial charge on any atom is -0.440 e. The third-order valence-corrected chi connectivity index (χ3v) is 4.95. The molecule has 1 amide bonds. The van der Waals surface area contributed by atoms with Gasteiger partial charge in [0.2, 0.25) is 0 Å². The summed E-state index contributed by atoms with van der Waals surface area (Å²) in [4.78, 5) is 23.8. The Kier molecular flexibility index (Phi) is 3.48. The van der Waals surface area contributed by atoms with Crippen molar-refractivity contribution in [2.24, 2.45) is 0 Å². The average molecular weight is 346 g/mol. The van der Waals surface area contributed by atoms with Crippen molar-refractivity contribution in [1.29, 1.82) is 0 Å². The number of amides is 1. The smallest absolute Gasteiger partial charge is 0.274 e. The van der Waals surface area contributed by atoms with Crippen LogP contribution in [0.5, 0.6) is 0 Å². The van der Waals surface area contributed by atoms with Gasteiger partial charge in [-0.2, -0.15) is 0 Å². The number of carbonyl (C=O) groups is 1. The molecule has 4 heterocycles. The number of piperidine rings is 1. The van der Waals surface area contributed by atoms with E-state index in [1.165, 1.54) is 0 Å². The van der Waals surface area contributed by atoms with Crippen molar-refractivity contribution in [3.05, 3.63) is 66.4 Å². The molecule has 3 aromatic heterocycles. The summed E-state index contributed by atoms with van der Waals surface area (Å²) < 4.78 is 7.79. The van der Waals surface area contributed by atoms with E-state index in [1.54, 1.807) is 6.20 Å². The Morgan fingerprint density at radius 2 is 2.00 bits per heavy atom. The molecule has 4 aromatic rings. The number of carbonyl (C=O) groups excluding carboxylic acids is 1. The summed E-state index contributed by atoms with van der Waals surface area (Å²) in [7, 11) is 0. The molecule has 0 N–H and O–H groups in total. The van der Waals surface area contributed by atoms with Crippen molar-refractivity contribution in [3.8, 4) is 0 Å². The SMILES string of the molecule is O=C(c1cn2ccccc2n1)N1CCC[C@H](c2nc3ccccc3o2)C1. The molecule has 0 spiro atoms. The van der Waals surface area contributed by atoms with Gasteiger partial charge in [0, 0.05) is 25.5 Å². The van der Waals surface area contributed by atoms with Crippen LogP contribution in [0.2, 0.25) is 0 Å². The Hall–Kier alpha value is -3.15. The van der Waals surface area contributed by atoms with E-state index < -0.39 is 0 Å². The van der Waals surface area contributed by atoms with E-state index in [9.17, 15) is 4.79 Å². The molecule has 0 radical (unpaired) electrons. The Morgan fingerprint density at radius 1 is 1.12 bits per heavy atom. The van der Waals surface area contributed by atoms with E-state index in [0.29, 0.717) is 12.2 Å². The zero-order valence-electron chi connectivity index (χ0n) is 14.2. The minimum atomic E-state index is -0.0329. The van der Waals surface area contributed by atoms with Crippen LogP contribution in [0.4, 0.5) is 0 Å². The Bertz CT molecular complexity index is 1030. The minimum absolute atomic E-state index is 0.0329. The van der Waals surface area contributed by atoms with Gasteiger partial charge in [-0.1, -0.05) is 18.2 Å². The summed E-state index contributed by atoms with van der Waals surface area (Å²) in [6, 6.07) is 13.5. The van der Waals surface area contributed by atoms with Crippen LogP contribution in [0, 0.1) is 0 Å². The monoisotopic (exact) mass is 346 g/mol. The van der Waals surface area contributed by atoms with Crippen LogP contribution >= 0.6 is 0 Å². The molecular formula is C20H18N4O2. The van der Waals surface area contributed by atoms with Gasteiger partial charge in [-0.3, -0.25) is 4.79 Å². The summed E-state index contributed by atoms with van der Waals surface area (Å²) in [5.74, 6) is 0.811. The number of hydrogen-bond donors (Lipinski definition) is 0. The molecule has 6 nitrogen and oxygen atoms in total. The maximum absolute atomic E-state index is 12.9. The second kappa shape index (κ2) is 5.98. The molecule has 1 aromatic carbocycles. The zero-order chi connectivity index (χ0) is 17.5. The molecule has 1 atom stereocenters. The van der Waals surface area contributed by atoms with E-state index in [-0.39, 0.29) is 11.8 Å². The molecule has 0 unspecified atom stereocenters. The van der Waals surface area contributed by atoms with Crippen LogP contribution in [-0.2, 0) is 0 Å². The average Bonchev–Trinajstić information content (AvgIpc) is 3.31. The molecular weight excluding hydrogens is 328 g/mol. The Morgan fingerprint density at radius 3 is 2.88 bits per heavy atom. The topological polar surface area (TPSA) is 63.6 Å². The molecule has 0 bridgehead atoms. The van der Waals surface area contributed by atoms with Gasteiger partial charge in [0.05, 0.1) is 5.92 Å². The first kappa shape index (κ1) is 15.1. The Labute approximate surface area is 150 Å². The predicted molar refractivity (Wildman–Crippen MR) is 97.1 cm³/mol. The maximum atomic E-state index is 12.9. The highest BCUT2D eigenvalue weighted by Crippen LogP contribution is 2.29. The lowest BCUT2D eigenvalue weighted by molar-refractivity contribution is 0.0693. The number of oxazole rings is 1. The first-order valence-electron chi connectivity index (χ1n) is 8.86. The lowest BCUT2D eigenvalue weighted by atomic mass is 9.98. The van der Waals surface area contributed by atoms with Gasteiger partial charge >= 0.3 is 0 Å². The molecule has 5 rings (SSSR count). The number of para-hydroxylation sites is 2. The number of aromatic nitrogens is 3. The second-order valence-corrected chi connectivity index (χ2v) is 6.70. The van der Waals surface area contributed by atoms with Gasteiger partial charge in [-0.05, 0) is 37.1 Å². The number of rotatable bonds is 2. The fraction of sp³-hybridized carbons (Fsp3) is 0.250. The highest BCUT2D eigenvalue weighted by Gasteiger charge is 2.29. The number of benzene rings is 1. The quantitative estimate of drug-likeness (QED) is 0.557. The Balaban J connectivity index is 1.40. The standard InChI is InChI=1S/C20H18N4O2/c25-20(16-13-23-10-4-3-9-18(23)21-16)24-11-5-6-14(12-24)19-22-15-7-1-2-8-17(15)26-19/h1-4,7-10,13-14H,5-6,11-12H2/t14-/m0/s1. The number of pyridine rings is 1. The summed E-state index contributed by atoms with van der Waals surface area (Å²) >= 11 is 0. The lowest BCUT2D eigenvalue weighted by Crippen LogP contribution is -2.39. The van der Waals surface area contributed by atoms with Crippen LogP contribution in [-0.4, -0.2) is 38.3 Å². The van der Waals surface area contributed by atoms with E-state index >= 15 is 0 Å². The first-order valence-corrected chi connectivity index (χ1v) is 8.86. The van der Waals surface area contributed by atoms with Crippen molar-refractivity contribution in [3.63, 3.8) is 0 Å². The predicted octanol–water partition coefficient (Wildman–Crippen LogP) is 3.50. The van der Waals surface area contributed by atoms with Crippen molar-refractivity contribution in [2.75, 3.05) is 13.1 Å². The van der Waals surface area contributed by atoms with Gasteiger partial charge in [0.1, 0.15) is 16.9 Å². The summed E-state index contributed by atoms with van der Waals surface area (Å²) in [5.41, 5.74) is 2.93. The molecule has 1 fully saturated rings. The lowest BCUT2D eigenvalue weighted by Gasteiger charge is -2.30. The fourth-order valence-electron chi connectivity index (χ4n) is 3.63. The summed E-state index contributed by atoms with van der Waals surface area (Å²) in [6.45, 7) is 1.35. The van der Waals surface area contributed by atoms with Gasteiger partial charge in [-0.15, -0.1) is 0 Å². The number of nitrogens with zero attached hydrogens (tertiary/aromatic N) is 4. The molecule has 130 valence electrons. The number of imidazole rings is 1. The van der Waals surface area contributed by atoms with Crippen LogP contribution in [0.1, 0.15) is 35.1 Å². The second-order valence-electron chi connectivity index (χ2n) is 6.70. The fourth-order valence-corrected chi connectivity index (χ4v) is 3.63.